The van der Waals surface area contributed by atoms with Crippen molar-refractivity contribution in [1.29, 1.82) is 0 Å². The lowest BCUT2D eigenvalue weighted by Crippen LogP contribution is -1.85. The van der Waals surface area contributed by atoms with Gasteiger partial charge in [-0.2, -0.15) is 0 Å². The summed E-state index contributed by atoms with van der Waals surface area (Å²) in [5, 5.41) is 0. The van der Waals surface area contributed by atoms with Gasteiger partial charge >= 0.3 is 0 Å². The van der Waals surface area contributed by atoms with Crippen molar-refractivity contribution in [3.05, 3.63) is 0 Å². The van der Waals surface area contributed by atoms with E-state index < -0.39 is 0 Å². The predicted octanol–water partition coefficient (Wildman–Crippen LogP) is 6.06. The lowest BCUT2D eigenvalue weighted by molar-refractivity contribution is 0.504. The van der Waals surface area contributed by atoms with Crippen LogP contribution in [0.2, 0.25) is 0 Å². The Morgan fingerprint density at radius 1 is 0.714 bits per heavy atom. The van der Waals surface area contributed by atoms with E-state index in [9.17, 15) is 0 Å². The molecule has 1 saturated carbocycles. The van der Waals surface area contributed by atoms with E-state index in [0.29, 0.717) is 0 Å². The molecule has 14 heavy (non-hydrogen) atoms. The normalized spacial score (nSPS) is 12.0. The van der Waals surface area contributed by atoms with Crippen LogP contribution in [0.25, 0.3) is 0 Å². The molecule has 0 aromatic heterocycles. The fourth-order valence-corrected chi connectivity index (χ4v) is 0.250. The van der Waals surface area contributed by atoms with Crippen molar-refractivity contribution in [2.45, 2.75) is 87.0 Å². The van der Waals surface area contributed by atoms with Crippen molar-refractivity contribution in [3.63, 3.8) is 0 Å². The second-order valence-electron chi connectivity index (χ2n) is 4.15. The van der Waals surface area contributed by atoms with Crippen LogP contribution in [0.15, 0.2) is 0 Å². The van der Waals surface area contributed by atoms with Crippen LogP contribution in [0.4, 0.5) is 0 Å². The maximum Gasteiger partial charge on any atom is -0.0500 e. The van der Waals surface area contributed by atoms with Crippen LogP contribution in [0.3, 0.4) is 0 Å². The zero-order chi connectivity index (χ0) is 11.8. The topological polar surface area (TPSA) is 0 Å². The highest BCUT2D eigenvalue weighted by molar-refractivity contribution is 4.50. The van der Waals surface area contributed by atoms with Crippen molar-refractivity contribution in [1.82, 2.24) is 0 Å². The Labute approximate surface area is 93.5 Å². The van der Waals surface area contributed by atoms with E-state index in [1.54, 1.807) is 0 Å². The average Bonchev–Trinajstić information content (AvgIpc) is 2.03. The Kier molecular flexibility index (Phi) is 32.3. The molecule has 0 aliphatic heterocycles. The second-order valence-corrected chi connectivity index (χ2v) is 4.15. The molecule has 0 heteroatoms. The van der Waals surface area contributed by atoms with Gasteiger partial charge in [0.1, 0.15) is 0 Å². The summed E-state index contributed by atoms with van der Waals surface area (Å²) in [6.07, 6.45) is 8.64. The Bertz CT molecular complexity index is 42.3. The van der Waals surface area contributed by atoms with Crippen molar-refractivity contribution >= 4 is 0 Å². The minimum atomic E-state index is 0.833. The van der Waals surface area contributed by atoms with Crippen LogP contribution in [0.1, 0.15) is 87.0 Å². The standard InChI is InChI=1S/C4H8.2C4H10.C2H6/c1-2-4-3-1;1-4(2)3;1-3-4-2;1-2/h1-4H2;4H,1-3H3;3-4H2,1-2H3;1-2H3. The minimum Gasteiger partial charge on any atom is -0.0683 e. The molecule has 1 rings (SSSR count). The molecule has 0 amide bonds. The largest absolute Gasteiger partial charge is 0.0683 e. The number of rotatable bonds is 1. The summed E-state index contributed by atoms with van der Waals surface area (Å²) in [5.74, 6) is 0.833. The molecular weight excluding hydrogens is 168 g/mol. The minimum absolute atomic E-state index is 0.833. The molecule has 1 aliphatic carbocycles. The molecule has 0 saturated heterocycles. The Morgan fingerprint density at radius 2 is 0.857 bits per heavy atom. The second kappa shape index (κ2) is 23.1. The molecule has 0 aromatic rings. The summed E-state index contributed by atoms with van der Waals surface area (Å²) >= 11 is 0. The first-order chi connectivity index (χ1) is 6.65. The molecule has 0 spiro atoms. The fraction of sp³-hybridized carbons (Fsp3) is 1.00. The highest BCUT2D eigenvalue weighted by atomic mass is 14.0. The molecule has 1 fully saturated rings. The van der Waals surface area contributed by atoms with Gasteiger partial charge in [-0.25, -0.2) is 0 Å². The van der Waals surface area contributed by atoms with Crippen molar-refractivity contribution in [3.8, 4) is 0 Å². The van der Waals surface area contributed by atoms with Crippen LogP contribution in [-0.2, 0) is 0 Å². The summed E-state index contributed by atoms with van der Waals surface area (Å²) in [6, 6.07) is 0. The first-order valence-corrected chi connectivity index (χ1v) is 6.65. The molecule has 90 valence electrons. The summed E-state index contributed by atoms with van der Waals surface area (Å²) < 4.78 is 0. The van der Waals surface area contributed by atoms with Crippen molar-refractivity contribution < 1.29 is 0 Å². The summed E-state index contributed by atoms with van der Waals surface area (Å²) in [6.45, 7) is 14.9. The van der Waals surface area contributed by atoms with E-state index in [2.05, 4.69) is 34.6 Å². The Balaban J connectivity index is -0.000000119. The Hall–Kier alpha value is 0. The third-order valence-electron chi connectivity index (χ3n) is 1.50. The molecule has 0 nitrogen and oxygen atoms in total. The SMILES string of the molecule is C1CCC1.CC.CC(C)C.CCCC. The Morgan fingerprint density at radius 3 is 0.857 bits per heavy atom. The van der Waals surface area contributed by atoms with Crippen LogP contribution < -0.4 is 0 Å². The van der Waals surface area contributed by atoms with Gasteiger partial charge in [-0.1, -0.05) is 87.0 Å². The molecule has 0 heterocycles. The van der Waals surface area contributed by atoms with E-state index in [1.807, 2.05) is 13.8 Å². The molecule has 1 aliphatic rings. The molecular formula is C14H34. The number of unbranched alkanes of at least 4 members (excludes halogenated alkanes) is 1. The van der Waals surface area contributed by atoms with E-state index in [4.69, 9.17) is 0 Å². The molecule has 0 unspecified atom stereocenters. The predicted molar refractivity (Wildman–Crippen MR) is 70.9 cm³/mol. The highest BCUT2D eigenvalue weighted by Crippen LogP contribution is 2.15. The quantitative estimate of drug-likeness (QED) is 0.485. The average molecular weight is 202 g/mol. The van der Waals surface area contributed by atoms with Crippen LogP contribution >= 0.6 is 0 Å². The first kappa shape index (κ1) is 19.6. The molecule has 0 radical (unpaired) electrons. The van der Waals surface area contributed by atoms with E-state index >= 15 is 0 Å². The summed E-state index contributed by atoms with van der Waals surface area (Å²) in [7, 11) is 0. The van der Waals surface area contributed by atoms with Gasteiger partial charge in [-0.3, -0.25) is 0 Å². The van der Waals surface area contributed by atoms with Gasteiger partial charge < -0.3 is 0 Å². The van der Waals surface area contributed by atoms with Crippen LogP contribution in [0, 0.1) is 5.92 Å². The monoisotopic (exact) mass is 202 g/mol. The van der Waals surface area contributed by atoms with Crippen molar-refractivity contribution in [2.75, 3.05) is 0 Å². The van der Waals surface area contributed by atoms with Gasteiger partial charge in [0.25, 0.3) is 0 Å². The zero-order valence-electron chi connectivity index (χ0n) is 11.8. The lowest BCUT2D eigenvalue weighted by Gasteiger charge is -2.05. The maximum absolute atomic E-state index is 2.18. The number of hydrogen-bond acceptors (Lipinski definition) is 0. The van der Waals surface area contributed by atoms with Gasteiger partial charge in [-0.15, -0.1) is 0 Å². The van der Waals surface area contributed by atoms with Gasteiger partial charge in [-0.05, 0) is 5.92 Å². The zero-order valence-corrected chi connectivity index (χ0v) is 11.8. The van der Waals surface area contributed by atoms with E-state index in [1.165, 1.54) is 38.5 Å². The summed E-state index contributed by atoms with van der Waals surface area (Å²) in [4.78, 5) is 0. The number of hydrogen-bond donors (Lipinski definition) is 0. The van der Waals surface area contributed by atoms with Gasteiger partial charge in [0.05, 0.1) is 0 Å². The molecule has 0 bridgehead atoms. The third kappa shape index (κ3) is 58.1. The maximum atomic E-state index is 2.18. The van der Waals surface area contributed by atoms with Gasteiger partial charge in [0.15, 0.2) is 0 Å². The smallest absolute Gasteiger partial charge is 0.0500 e. The van der Waals surface area contributed by atoms with Crippen LogP contribution in [-0.4, -0.2) is 0 Å². The van der Waals surface area contributed by atoms with Crippen LogP contribution in [0.5, 0.6) is 0 Å². The van der Waals surface area contributed by atoms with Gasteiger partial charge in [0, 0.05) is 0 Å². The van der Waals surface area contributed by atoms with Crippen molar-refractivity contribution in [2.24, 2.45) is 5.92 Å². The summed E-state index contributed by atoms with van der Waals surface area (Å²) in [5.41, 5.74) is 0. The molecule has 0 atom stereocenters. The molecule has 0 aromatic carbocycles. The van der Waals surface area contributed by atoms with E-state index in [-0.39, 0.29) is 0 Å². The van der Waals surface area contributed by atoms with Gasteiger partial charge in [0.2, 0.25) is 0 Å². The first-order valence-electron chi connectivity index (χ1n) is 6.65. The highest BCUT2D eigenvalue weighted by Gasteiger charge is 1.95. The fourth-order valence-electron chi connectivity index (χ4n) is 0.250. The molecule has 0 N–H and O–H groups in total. The van der Waals surface area contributed by atoms with E-state index in [0.717, 1.165) is 5.92 Å². The third-order valence-corrected chi connectivity index (χ3v) is 1.50. The lowest BCUT2D eigenvalue weighted by atomic mass is 10.0.